The maximum atomic E-state index is 11.9. The van der Waals surface area contributed by atoms with Gasteiger partial charge in [0.25, 0.3) is 0 Å². The number of thiazole rings is 1. The summed E-state index contributed by atoms with van der Waals surface area (Å²) >= 11 is 1.25. The predicted molar refractivity (Wildman–Crippen MR) is 87.9 cm³/mol. The van der Waals surface area contributed by atoms with Crippen LogP contribution in [-0.2, 0) is 16.0 Å². The Morgan fingerprint density at radius 2 is 2.30 bits per heavy atom. The van der Waals surface area contributed by atoms with Gasteiger partial charge in [-0.1, -0.05) is 6.92 Å². The number of nitrogens with one attached hydrogen (secondary N) is 1. The van der Waals surface area contributed by atoms with E-state index in [1.165, 1.54) is 17.4 Å². The summed E-state index contributed by atoms with van der Waals surface area (Å²) in [5, 5.41) is 4.77. The van der Waals surface area contributed by atoms with Gasteiger partial charge in [-0.2, -0.15) is 0 Å². The quantitative estimate of drug-likeness (QED) is 0.795. The number of hydrogen-bond acceptors (Lipinski definition) is 5. The van der Waals surface area contributed by atoms with Crippen LogP contribution in [0.4, 0.5) is 5.13 Å². The highest BCUT2D eigenvalue weighted by Gasteiger charge is 2.36. The number of anilines is 1. The second-order valence-corrected chi connectivity index (χ2v) is 6.53. The Morgan fingerprint density at radius 3 is 3.00 bits per heavy atom. The highest BCUT2D eigenvalue weighted by atomic mass is 32.1. The molecule has 120 valence electrons. The molecule has 2 atom stereocenters. The molecule has 23 heavy (non-hydrogen) atoms. The smallest absolute Gasteiger partial charge is 0.250 e. The van der Waals surface area contributed by atoms with E-state index >= 15 is 0 Å². The summed E-state index contributed by atoms with van der Waals surface area (Å²) in [7, 11) is 0. The number of primary amides is 1. The third-order valence-electron chi connectivity index (χ3n) is 3.66. The van der Waals surface area contributed by atoms with Crippen LogP contribution in [0.5, 0.6) is 0 Å². The Kier molecular flexibility index (Phi) is 4.29. The first-order chi connectivity index (χ1) is 11.0. The maximum Gasteiger partial charge on any atom is 0.250 e. The molecular formula is C16H17N3O3S. The minimum Gasteiger partial charge on any atom is -0.461 e. The molecule has 3 rings (SSSR count). The van der Waals surface area contributed by atoms with Crippen molar-refractivity contribution in [1.82, 2.24) is 4.98 Å². The van der Waals surface area contributed by atoms with E-state index in [1.807, 2.05) is 12.1 Å². The molecule has 0 unspecified atom stereocenters. The minimum atomic E-state index is -0.452. The van der Waals surface area contributed by atoms with Crippen molar-refractivity contribution in [2.24, 2.45) is 11.7 Å². The first-order valence-corrected chi connectivity index (χ1v) is 8.20. The fourth-order valence-corrected chi connectivity index (χ4v) is 3.02. The topological polar surface area (TPSA) is 98.2 Å². The summed E-state index contributed by atoms with van der Waals surface area (Å²) in [6.45, 7) is 2.19. The van der Waals surface area contributed by atoms with Crippen molar-refractivity contribution < 1.29 is 14.0 Å². The van der Waals surface area contributed by atoms with Crippen molar-refractivity contribution >= 4 is 34.4 Å². The zero-order valence-corrected chi connectivity index (χ0v) is 13.4. The molecule has 1 saturated carbocycles. The molecule has 1 fully saturated rings. The second kappa shape index (κ2) is 6.37. The average Bonchev–Trinajstić information content (AvgIpc) is 2.90. The number of aromatic nitrogens is 1. The van der Waals surface area contributed by atoms with E-state index in [4.69, 9.17) is 10.2 Å². The fraction of sp³-hybridized carbons (Fsp3) is 0.312. The van der Waals surface area contributed by atoms with Gasteiger partial charge in [0.15, 0.2) is 5.13 Å². The van der Waals surface area contributed by atoms with Crippen molar-refractivity contribution in [2.45, 2.75) is 25.7 Å². The highest BCUT2D eigenvalue weighted by Crippen LogP contribution is 2.47. The summed E-state index contributed by atoms with van der Waals surface area (Å²) in [5.74, 6) is 2.08. The van der Waals surface area contributed by atoms with Crippen LogP contribution in [0.1, 0.15) is 36.5 Å². The highest BCUT2D eigenvalue weighted by molar-refractivity contribution is 7.14. The third kappa shape index (κ3) is 4.07. The van der Waals surface area contributed by atoms with Gasteiger partial charge in [0, 0.05) is 17.4 Å². The number of rotatable bonds is 6. The van der Waals surface area contributed by atoms with Crippen LogP contribution in [-0.4, -0.2) is 16.8 Å². The van der Waals surface area contributed by atoms with E-state index in [-0.39, 0.29) is 12.3 Å². The molecular weight excluding hydrogens is 314 g/mol. The van der Waals surface area contributed by atoms with Gasteiger partial charge >= 0.3 is 0 Å². The number of carbonyl (C=O) groups is 2. The maximum absolute atomic E-state index is 11.9. The first kappa shape index (κ1) is 15.5. The molecule has 0 saturated heterocycles. The molecule has 1 aliphatic rings. The van der Waals surface area contributed by atoms with Gasteiger partial charge in [0.2, 0.25) is 11.8 Å². The lowest BCUT2D eigenvalue weighted by Crippen LogP contribution is -2.14. The molecule has 2 aromatic heterocycles. The third-order valence-corrected chi connectivity index (χ3v) is 4.47. The Morgan fingerprint density at radius 1 is 1.52 bits per heavy atom. The zero-order valence-electron chi connectivity index (χ0n) is 12.6. The standard InChI is InChI=1S/C16H17N3O3S/c1-9-6-12(9)13-4-2-11(22-13)3-5-15(21)19-16-18-10(8-23-16)7-14(17)20/h2-5,8-9,12H,6-7H2,1H3,(H2,17,20)(H,18,19,21)/b5-3-/t9-,12+/m1/s1. The van der Waals surface area contributed by atoms with E-state index in [0.29, 0.717) is 28.4 Å². The zero-order chi connectivity index (χ0) is 16.4. The number of amides is 2. The average molecular weight is 331 g/mol. The van der Waals surface area contributed by atoms with Crippen molar-refractivity contribution in [3.63, 3.8) is 0 Å². The van der Waals surface area contributed by atoms with E-state index in [9.17, 15) is 9.59 Å². The molecule has 0 radical (unpaired) electrons. The normalized spacial score (nSPS) is 19.9. The van der Waals surface area contributed by atoms with Crippen molar-refractivity contribution in [3.8, 4) is 0 Å². The summed E-state index contributed by atoms with van der Waals surface area (Å²) in [4.78, 5) is 26.8. The van der Waals surface area contributed by atoms with Crippen LogP contribution < -0.4 is 11.1 Å². The SMILES string of the molecule is C[C@@H]1C[C@@H]1c1ccc(/C=C\C(=O)Nc2nc(CC(N)=O)cs2)o1. The Balaban J connectivity index is 1.55. The number of nitrogens with two attached hydrogens (primary N) is 1. The van der Waals surface area contributed by atoms with Gasteiger partial charge in [-0.15, -0.1) is 11.3 Å². The van der Waals surface area contributed by atoms with Crippen LogP contribution in [0, 0.1) is 5.92 Å². The van der Waals surface area contributed by atoms with Gasteiger partial charge in [-0.25, -0.2) is 4.98 Å². The van der Waals surface area contributed by atoms with Crippen LogP contribution in [0.25, 0.3) is 6.08 Å². The van der Waals surface area contributed by atoms with Gasteiger partial charge in [0.05, 0.1) is 12.1 Å². The Labute approximate surface area is 137 Å². The van der Waals surface area contributed by atoms with Crippen LogP contribution in [0.2, 0.25) is 0 Å². The van der Waals surface area contributed by atoms with Crippen molar-refractivity contribution in [2.75, 3.05) is 5.32 Å². The van der Waals surface area contributed by atoms with Crippen molar-refractivity contribution in [1.29, 1.82) is 0 Å². The van der Waals surface area contributed by atoms with E-state index < -0.39 is 5.91 Å². The lowest BCUT2D eigenvalue weighted by molar-refractivity contribution is -0.117. The summed E-state index contributed by atoms with van der Waals surface area (Å²) < 4.78 is 5.70. The minimum absolute atomic E-state index is 0.0664. The molecule has 0 aliphatic heterocycles. The van der Waals surface area contributed by atoms with Crippen LogP contribution in [0.15, 0.2) is 28.0 Å². The Bertz CT molecular complexity index is 762. The number of nitrogens with zero attached hydrogens (tertiary/aromatic N) is 1. The van der Waals surface area contributed by atoms with Crippen LogP contribution in [0.3, 0.4) is 0 Å². The summed E-state index contributed by atoms with van der Waals surface area (Å²) in [6, 6.07) is 3.82. The molecule has 2 amide bonds. The summed E-state index contributed by atoms with van der Waals surface area (Å²) in [5.41, 5.74) is 5.65. The molecule has 0 spiro atoms. The Hall–Kier alpha value is -2.41. The predicted octanol–water partition coefficient (Wildman–Crippen LogP) is 2.54. The molecule has 7 heteroatoms. The van der Waals surface area contributed by atoms with E-state index in [1.54, 1.807) is 11.5 Å². The van der Waals surface area contributed by atoms with Gasteiger partial charge in [-0.05, 0) is 30.5 Å². The second-order valence-electron chi connectivity index (χ2n) is 5.67. The molecule has 0 bridgehead atoms. The first-order valence-electron chi connectivity index (χ1n) is 7.33. The molecule has 2 aromatic rings. The lowest BCUT2D eigenvalue weighted by atomic mass is 10.3. The van der Waals surface area contributed by atoms with E-state index in [2.05, 4.69) is 17.2 Å². The van der Waals surface area contributed by atoms with Crippen molar-refractivity contribution in [3.05, 3.63) is 40.8 Å². The molecule has 1 aliphatic carbocycles. The number of furan rings is 1. The van der Waals surface area contributed by atoms with Crippen LogP contribution >= 0.6 is 11.3 Å². The molecule has 2 heterocycles. The summed E-state index contributed by atoms with van der Waals surface area (Å²) in [6.07, 6.45) is 4.25. The lowest BCUT2D eigenvalue weighted by Gasteiger charge is -1.95. The van der Waals surface area contributed by atoms with Gasteiger partial charge in [0.1, 0.15) is 11.5 Å². The van der Waals surface area contributed by atoms with E-state index in [0.717, 1.165) is 12.2 Å². The largest absolute Gasteiger partial charge is 0.461 e. The number of carbonyl (C=O) groups excluding carboxylic acids is 2. The molecule has 3 N–H and O–H groups in total. The van der Waals surface area contributed by atoms with Gasteiger partial charge in [-0.3, -0.25) is 14.9 Å². The fourth-order valence-electron chi connectivity index (χ4n) is 2.30. The van der Waals surface area contributed by atoms with Gasteiger partial charge < -0.3 is 10.2 Å². The molecule has 6 nitrogen and oxygen atoms in total. The molecule has 0 aromatic carbocycles. The number of hydrogen-bond donors (Lipinski definition) is 2. The monoisotopic (exact) mass is 331 g/mol.